The Morgan fingerprint density at radius 2 is 1.90 bits per heavy atom. The number of aryl methyl sites for hydroxylation is 1. The fourth-order valence-corrected chi connectivity index (χ4v) is 2.95. The van der Waals surface area contributed by atoms with Gasteiger partial charge in [0.25, 0.3) is 10.0 Å². The monoisotopic (exact) mass is 310 g/mol. The summed E-state index contributed by atoms with van der Waals surface area (Å²) in [4.78, 5) is -0.473. The molecule has 0 unspecified atom stereocenters. The molecule has 0 aliphatic rings. The van der Waals surface area contributed by atoms with E-state index in [1.165, 1.54) is 13.2 Å². The molecule has 0 aliphatic heterocycles. The Bertz CT molecular complexity index is 776. The number of nitrogens with one attached hydrogen (secondary N) is 1. The number of sulfonamides is 1. The van der Waals surface area contributed by atoms with Gasteiger partial charge in [0.05, 0.1) is 12.8 Å². The molecule has 0 radical (unpaired) electrons. The maximum atomic E-state index is 13.8. The summed E-state index contributed by atoms with van der Waals surface area (Å²) in [5, 5.41) is 0. The minimum absolute atomic E-state index is 0.152. The lowest BCUT2D eigenvalue weighted by atomic mass is 10.2. The fourth-order valence-electron chi connectivity index (χ4n) is 1.82. The van der Waals surface area contributed by atoms with Crippen LogP contribution < -0.4 is 15.2 Å². The van der Waals surface area contributed by atoms with Gasteiger partial charge in [0.1, 0.15) is 16.5 Å². The highest BCUT2D eigenvalue weighted by Crippen LogP contribution is 2.28. The van der Waals surface area contributed by atoms with Crippen LogP contribution in [-0.4, -0.2) is 15.5 Å². The van der Waals surface area contributed by atoms with Gasteiger partial charge < -0.3 is 10.5 Å². The third-order valence-electron chi connectivity index (χ3n) is 2.85. The molecular formula is C14H15FN2O3S. The molecule has 3 N–H and O–H groups in total. The van der Waals surface area contributed by atoms with E-state index in [9.17, 15) is 12.8 Å². The highest BCUT2D eigenvalue weighted by Gasteiger charge is 2.20. The Balaban J connectivity index is 2.42. The number of halogens is 1. The molecule has 2 aromatic rings. The van der Waals surface area contributed by atoms with Crippen LogP contribution in [0, 0.1) is 12.7 Å². The number of rotatable bonds is 4. The lowest BCUT2D eigenvalue weighted by Crippen LogP contribution is -2.15. The van der Waals surface area contributed by atoms with E-state index in [-0.39, 0.29) is 11.4 Å². The van der Waals surface area contributed by atoms with E-state index in [0.29, 0.717) is 5.75 Å². The molecule has 21 heavy (non-hydrogen) atoms. The van der Waals surface area contributed by atoms with Crippen LogP contribution in [0.5, 0.6) is 5.75 Å². The predicted octanol–water partition coefficient (Wildman–Crippen LogP) is 2.53. The Kier molecular flexibility index (Phi) is 4.04. The Labute approximate surface area is 122 Å². The average molecular weight is 310 g/mol. The Hall–Kier alpha value is -2.28. The number of hydrogen-bond acceptors (Lipinski definition) is 4. The van der Waals surface area contributed by atoms with Crippen molar-refractivity contribution in [1.82, 2.24) is 0 Å². The van der Waals surface area contributed by atoms with Crippen molar-refractivity contribution in [1.29, 1.82) is 0 Å². The number of ether oxygens (including phenoxy) is 1. The first kappa shape index (κ1) is 15.1. The van der Waals surface area contributed by atoms with E-state index in [4.69, 9.17) is 10.5 Å². The summed E-state index contributed by atoms with van der Waals surface area (Å²) < 4.78 is 45.7. The third kappa shape index (κ3) is 3.25. The van der Waals surface area contributed by atoms with Gasteiger partial charge >= 0.3 is 0 Å². The molecule has 0 spiro atoms. The molecule has 0 amide bonds. The maximum Gasteiger partial charge on any atom is 0.264 e. The minimum atomic E-state index is -4.07. The molecule has 0 aromatic heterocycles. The van der Waals surface area contributed by atoms with Gasteiger partial charge in [-0.15, -0.1) is 0 Å². The molecule has 5 nitrogen and oxygen atoms in total. The third-order valence-corrected chi connectivity index (χ3v) is 4.25. The highest BCUT2D eigenvalue weighted by molar-refractivity contribution is 7.92. The van der Waals surface area contributed by atoms with Crippen LogP contribution in [0.4, 0.5) is 15.8 Å². The Morgan fingerprint density at radius 3 is 2.52 bits per heavy atom. The van der Waals surface area contributed by atoms with Gasteiger partial charge in [-0.05, 0) is 42.8 Å². The maximum absolute atomic E-state index is 13.8. The summed E-state index contributed by atoms with van der Waals surface area (Å²) in [7, 11) is -2.64. The molecule has 0 aliphatic carbocycles. The van der Waals surface area contributed by atoms with Crippen molar-refractivity contribution >= 4 is 21.4 Å². The Morgan fingerprint density at radius 1 is 1.19 bits per heavy atom. The number of anilines is 2. The van der Waals surface area contributed by atoms with Gasteiger partial charge in [-0.3, -0.25) is 4.72 Å². The van der Waals surface area contributed by atoms with Crippen molar-refractivity contribution in [3.63, 3.8) is 0 Å². The van der Waals surface area contributed by atoms with Crippen molar-refractivity contribution < 1.29 is 17.5 Å². The number of benzene rings is 2. The van der Waals surface area contributed by atoms with Crippen molar-refractivity contribution in [2.75, 3.05) is 17.6 Å². The smallest absolute Gasteiger partial charge is 0.264 e. The molecule has 0 saturated carbocycles. The average Bonchev–Trinajstić information content (AvgIpc) is 2.40. The first-order valence-corrected chi connectivity index (χ1v) is 7.54. The van der Waals surface area contributed by atoms with Gasteiger partial charge in [0, 0.05) is 5.69 Å². The zero-order chi connectivity index (χ0) is 15.6. The largest absolute Gasteiger partial charge is 0.495 e. The molecule has 0 fully saturated rings. The molecule has 0 saturated heterocycles. The lowest BCUT2D eigenvalue weighted by molar-refractivity contribution is 0.416. The van der Waals surface area contributed by atoms with Gasteiger partial charge in [0.2, 0.25) is 0 Å². The van der Waals surface area contributed by atoms with E-state index in [1.807, 2.05) is 6.92 Å². The van der Waals surface area contributed by atoms with Crippen LogP contribution in [0.1, 0.15) is 5.56 Å². The summed E-state index contributed by atoms with van der Waals surface area (Å²) in [6.07, 6.45) is 0. The minimum Gasteiger partial charge on any atom is -0.495 e. The molecule has 0 bridgehead atoms. The van der Waals surface area contributed by atoms with Crippen LogP contribution >= 0.6 is 0 Å². The molecule has 0 heterocycles. The first-order chi connectivity index (χ1) is 9.83. The summed E-state index contributed by atoms with van der Waals surface area (Å²) in [6.45, 7) is 1.85. The van der Waals surface area contributed by atoms with E-state index in [1.54, 1.807) is 18.2 Å². The van der Waals surface area contributed by atoms with Gasteiger partial charge in [0.15, 0.2) is 0 Å². The standard InChI is InChI=1S/C14H15FN2O3S/c1-9-3-5-12(13(7-9)20-2)17-21(18,19)14-6-4-10(16)8-11(14)15/h3-8,17H,16H2,1-2H3. The van der Waals surface area contributed by atoms with Gasteiger partial charge in [-0.2, -0.15) is 0 Å². The molecule has 112 valence electrons. The molecule has 7 heteroatoms. The second-order valence-electron chi connectivity index (χ2n) is 4.50. The predicted molar refractivity (Wildman–Crippen MR) is 79.4 cm³/mol. The zero-order valence-electron chi connectivity index (χ0n) is 11.6. The van der Waals surface area contributed by atoms with Crippen LogP contribution in [-0.2, 0) is 10.0 Å². The van der Waals surface area contributed by atoms with Gasteiger partial charge in [-0.25, -0.2) is 12.8 Å². The van der Waals surface area contributed by atoms with Crippen molar-refractivity contribution in [2.45, 2.75) is 11.8 Å². The van der Waals surface area contributed by atoms with Crippen LogP contribution in [0.3, 0.4) is 0 Å². The van der Waals surface area contributed by atoms with Crippen molar-refractivity contribution in [3.05, 3.63) is 47.8 Å². The number of methoxy groups -OCH3 is 1. The summed E-state index contributed by atoms with van der Waals surface area (Å²) in [5.74, 6) is -0.553. The molecule has 2 rings (SSSR count). The molecular weight excluding hydrogens is 295 g/mol. The molecule has 2 aromatic carbocycles. The van der Waals surface area contributed by atoms with Crippen LogP contribution in [0.2, 0.25) is 0 Å². The topological polar surface area (TPSA) is 81.4 Å². The highest BCUT2D eigenvalue weighted by atomic mass is 32.2. The van der Waals surface area contributed by atoms with Crippen molar-refractivity contribution in [3.8, 4) is 5.75 Å². The second kappa shape index (κ2) is 5.61. The SMILES string of the molecule is COc1cc(C)ccc1NS(=O)(=O)c1ccc(N)cc1F. The number of nitrogen functional groups attached to an aromatic ring is 1. The van der Waals surface area contributed by atoms with E-state index in [2.05, 4.69) is 4.72 Å². The second-order valence-corrected chi connectivity index (χ2v) is 6.15. The fraction of sp³-hybridized carbons (Fsp3) is 0.143. The van der Waals surface area contributed by atoms with E-state index < -0.39 is 20.7 Å². The summed E-state index contributed by atoms with van der Waals surface area (Å²) in [6, 6.07) is 8.36. The normalized spacial score (nSPS) is 11.2. The first-order valence-electron chi connectivity index (χ1n) is 6.06. The molecule has 0 atom stereocenters. The van der Waals surface area contributed by atoms with Crippen LogP contribution in [0.25, 0.3) is 0 Å². The van der Waals surface area contributed by atoms with Crippen molar-refractivity contribution in [2.24, 2.45) is 0 Å². The lowest BCUT2D eigenvalue weighted by Gasteiger charge is -2.13. The number of nitrogens with two attached hydrogens (primary N) is 1. The van der Waals surface area contributed by atoms with E-state index in [0.717, 1.165) is 17.7 Å². The van der Waals surface area contributed by atoms with Crippen LogP contribution in [0.15, 0.2) is 41.3 Å². The number of hydrogen-bond donors (Lipinski definition) is 2. The van der Waals surface area contributed by atoms with E-state index >= 15 is 0 Å². The summed E-state index contributed by atoms with van der Waals surface area (Å²) >= 11 is 0. The summed E-state index contributed by atoms with van der Waals surface area (Å²) in [5.41, 5.74) is 6.71. The zero-order valence-corrected chi connectivity index (χ0v) is 12.4. The quantitative estimate of drug-likeness (QED) is 0.850. The van der Waals surface area contributed by atoms with Gasteiger partial charge in [-0.1, -0.05) is 6.07 Å².